The highest BCUT2D eigenvalue weighted by Gasteiger charge is 2.21. The van der Waals surface area contributed by atoms with Crippen LogP contribution in [0.4, 0.5) is 0 Å². The number of aliphatic carboxylic acids is 1. The van der Waals surface area contributed by atoms with Gasteiger partial charge in [0.2, 0.25) is 0 Å². The zero-order valence-electron chi connectivity index (χ0n) is 15.3. The predicted molar refractivity (Wildman–Crippen MR) is 100 cm³/mol. The molecule has 0 aliphatic carbocycles. The summed E-state index contributed by atoms with van der Waals surface area (Å²) >= 11 is 0. The molecular formula is C20H34O5. The Morgan fingerprint density at radius 3 is 2.28 bits per heavy atom. The van der Waals surface area contributed by atoms with E-state index in [1.165, 1.54) is 18.9 Å². The van der Waals surface area contributed by atoms with Crippen LogP contribution in [0.2, 0.25) is 0 Å². The summed E-state index contributed by atoms with van der Waals surface area (Å²) in [6.45, 7) is 2.15. The van der Waals surface area contributed by atoms with Crippen LogP contribution in [0.25, 0.3) is 0 Å². The van der Waals surface area contributed by atoms with Crippen molar-refractivity contribution in [3.05, 3.63) is 36.5 Å². The van der Waals surface area contributed by atoms with Crippen LogP contribution in [0.5, 0.6) is 0 Å². The molecule has 0 bridgehead atoms. The van der Waals surface area contributed by atoms with Crippen LogP contribution in [-0.2, 0) is 4.79 Å². The van der Waals surface area contributed by atoms with Crippen molar-refractivity contribution in [3.63, 3.8) is 0 Å². The van der Waals surface area contributed by atoms with Crippen LogP contribution in [0.1, 0.15) is 64.7 Å². The fraction of sp³-hybridized carbons (Fsp3) is 0.650. The third kappa shape index (κ3) is 14.6. The summed E-state index contributed by atoms with van der Waals surface area (Å²) in [5.41, 5.74) is 0. The molecule has 0 amide bonds. The Bertz CT molecular complexity index is 414. The van der Waals surface area contributed by atoms with Gasteiger partial charge in [-0.1, -0.05) is 56.2 Å². The smallest absolute Gasteiger partial charge is 0.303 e. The number of hydrogen-bond donors (Lipinski definition) is 4. The second-order valence-electron chi connectivity index (χ2n) is 6.17. The molecule has 0 radical (unpaired) electrons. The Morgan fingerprint density at radius 1 is 0.920 bits per heavy atom. The van der Waals surface area contributed by atoms with Crippen LogP contribution in [-0.4, -0.2) is 44.7 Å². The highest BCUT2D eigenvalue weighted by atomic mass is 16.4. The summed E-state index contributed by atoms with van der Waals surface area (Å²) in [5.74, 6) is -0.792. The minimum absolute atomic E-state index is 0.163. The van der Waals surface area contributed by atoms with E-state index in [0.29, 0.717) is 25.7 Å². The molecule has 0 saturated carbocycles. The second-order valence-corrected chi connectivity index (χ2v) is 6.17. The highest BCUT2D eigenvalue weighted by molar-refractivity contribution is 5.66. The fourth-order valence-electron chi connectivity index (χ4n) is 2.23. The molecule has 0 heterocycles. The van der Waals surface area contributed by atoms with Crippen LogP contribution in [0.3, 0.4) is 0 Å². The number of carbonyl (C=O) groups is 1. The molecule has 0 aliphatic heterocycles. The number of aliphatic hydroxyl groups is 3. The van der Waals surface area contributed by atoms with Crippen LogP contribution >= 0.6 is 0 Å². The molecule has 0 fully saturated rings. The van der Waals surface area contributed by atoms with Crippen molar-refractivity contribution in [1.82, 2.24) is 0 Å². The molecule has 0 spiro atoms. The van der Waals surface area contributed by atoms with Gasteiger partial charge in [0.1, 0.15) is 12.2 Å². The van der Waals surface area contributed by atoms with E-state index in [-0.39, 0.29) is 6.42 Å². The van der Waals surface area contributed by atoms with E-state index in [1.54, 1.807) is 6.08 Å². The minimum atomic E-state index is -1.21. The lowest BCUT2D eigenvalue weighted by atomic mass is 10.0. The van der Waals surface area contributed by atoms with Crippen molar-refractivity contribution in [1.29, 1.82) is 0 Å². The molecule has 0 aromatic rings. The first-order chi connectivity index (χ1) is 12.0. The van der Waals surface area contributed by atoms with Crippen LogP contribution in [0, 0.1) is 0 Å². The largest absolute Gasteiger partial charge is 0.481 e. The first-order valence-electron chi connectivity index (χ1n) is 9.21. The Morgan fingerprint density at radius 2 is 1.60 bits per heavy atom. The highest BCUT2D eigenvalue weighted by Crippen LogP contribution is 2.08. The van der Waals surface area contributed by atoms with E-state index in [9.17, 15) is 20.1 Å². The van der Waals surface area contributed by atoms with Crippen molar-refractivity contribution in [2.45, 2.75) is 83.0 Å². The zero-order chi connectivity index (χ0) is 18.9. The maximum atomic E-state index is 10.3. The van der Waals surface area contributed by atoms with E-state index >= 15 is 0 Å². The van der Waals surface area contributed by atoms with E-state index in [0.717, 1.165) is 12.8 Å². The average Bonchev–Trinajstić information content (AvgIpc) is 2.58. The van der Waals surface area contributed by atoms with Gasteiger partial charge in [-0.05, 0) is 38.5 Å². The number of hydrogen-bond acceptors (Lipinski definition) is 4. The Balaban J connectivity index is 3.92. The van der Waals surface area contributed by atoms with Crippen molar-refractivity contribution < 1.29 is 25.2 Å². The maximum Gasteiger partial charge on any atom is 0.303 e. The van der Waals surface area contributed by atoms with Gasteiger partial charge >= 0.3 is 5.97 Å². The van der Waals surface area contributed by atoms with Gasteiger partial charge in [-0.15, -0.1) is 0 Å². The predicted octanol–water partition coefficient (Wildman–Crippen LogP) is 3.35. The first-order valence-corrected chi connectivity index (χ1v) is 9.21. The molecular weight excluding hydrogens is 320 g/mol. The lowest BCUT2D eigenvalue weighted by molar-refractivity contribution is -0.137. The fourth-order valence-corrected chi connectivity index (χ4v) is 2.23. The average molecular weight is 354 g/mol. The Kier molecular flexibility index (Phi) is 15.1. The SMILES string of the molecule is CCCCC/C=C\CC(O)C(O)C(O)/C=C\C/C=C\CCCC(=O)O. The van der Waals surface area contributed by atoms with Gasteiger partial charge in [0, 0.05) is 6.42 Å². The molecule has 0 saturated heterocycles. The van der Waals surface area contributed by atoms with Crippen LogP contribution < -0.4 is 0 Å². The number of carboxylic acids is 1. The first kappa shape index (κ1) is 23.6. The maximum absolute atomic E-state index is 10.3. The molecule has 25 heavy (non-hydrogen) atoms. The number of aliphatic hydroxyl groups excluding tert-OH is 3. The van der Waals surface area contributed by atoms with E-state index in [4.69, 9.17) is 5.11 Å². The van der Waals surface area contributed by atoms with E-state index in [1.807, 2.05) is 24.3 Å². The van der Waals surface area contributed by atoms with Crippen LogP contribution in [0.15, 0.2) is 36.5 Å². The molecule has 0 aromatic heterocycles. The van der Waals surface area contributed by atoms with Crippen molar-refractivity contribution in [2.24, 2.45) is 0 Å². The van der Waals surface area contributed by atoms with Crippen molar-refractivity contribution >= 4 is 5.97 Å². The third-order valence-corrected chi connectivity index (χ3v) is 3.80. The zero-order valence-corrected chi connectivity index (χ0v) is 15.3. The normalized spacial score (nSPS) is 16.0. The number of carboxylic acid groups (broad SMARTS) is 1. The molecule has 0 rings (SSSR count). The number of allylic oxidation sites excluding steroid dienone is 4. The lowest BCUT2D eigenvalue weighted by Crippen LogP contribution is -2.35. The summed E-state index contributed by atoms with van der Waals surface area (Å²) in [6, 6.07) is 0. The van der Waals surface area contributed by atoms with Gasteiger partial charge in [-0.2, -0.15) is 0 Å². The summed E-state index contributed by atoms with van der Waals surface area (Å²) in [5, 5.41) is 38.1. The minimum Gasteiger partial charge on any atom is -0.481 e. The molecule has 5 nitrogen and oxygen atoms in total. The molecule has 3 atom stereocenters. The third-order valence-electron chi connectivity index (χ3n) is 3.80. The van der Waals surface area contributed by atoms with Gasteiger partial charge in [-0.25, -0.2) is 0 Å². The summed E-state index contributed by atoms with van der Waals surface area (Å²) in [6.07, 6.45) is 14.3. The number of unbranched alkanes of at least 4 members (excludes halogenated alkanes) is 4. The van der Waals surface area contributed by atoms with Gasteiger partial charge in [-0.3, -0.25) is 4.79 Å². The van der Waals surface area contributed by atoms with E-state index < -0.39 is 24.3 Å². The Labute approximate surface area is 151 Å². The lowest BCUT2D eigenvalue weighted by Gasteiger charge is -2.19. The number of rotatable bonds is 15. The van der Waals surface area contributed by atoms with Gasteiger partial charge in [0.15, 0.2) is 0 Å². The standard InChI is InChI=1S/C20H34O5/c1-2-3-4-5-8-11-14-17(21)20(25)18(22)15-12-9-6-7-10-13-16-19(23)24/h6-8,11-12,15,17-18,20-22,25H,2-5,9-10,13-14,16H2,1H3,(H,23,24)/b7-6-,11-8-,15-12-. The monoisotopic (exact) mass is 354 g/mol. The second kappa shape index (κ2) is 16.1. The molecule has 144 valence electrons. The molecule has 3 unspecified atom stereocenters. The summed E-state index contributed by atoms with van der Waals surface area (Å²) in [7, 11) is 0. The van der Waals surface area contributed by atoms with Crippen molar-refractivity contribution in [3.8, 4) is 0 Å². The van der Waals surface area contributed by atoms with Gasteiger partial charge < -0.3 is 20.4 Å². The van der Waals surface area contributed by atoms with Gasteiger partial charge in [0.25, 0.3) is 0 Å². The summed E-state index contributed by atoms with van der Waals surface area (Å²) in [4.78, 5) is 10.3. The van der Waals surface area contributed by atoms with Crippen molar-refractivity contribution in [2.75, 3.05) is 0 Å². The summed E-state index contributed by atoms with van der Waals surface area (Å²) < 4.78 is 0. The molecule has 4 N–H and O–H groups in total. The molecule has 0 aliphatic rings. The Hall–Kier alpha value is -1.43. The molecule has 5 heteroatoms. The molecule has 0 aromatic carbocycles. The van der Waals surface area contributed by atoms with E-state index in [2.05, 4.69) is 6.92 Å². The topological polar surface area (TPSA) is 98.0 Å². The van der Waals surface area contributed by atoms with Gasteiger partial charge in [0.05, 0.1) is 6.10 Å². The quantitative estimate of drug-likeness (QED) is 0.267.